The largest absolute Gasteiger partial charge is 0.462 e. The summed E-state index contributed by atoms with van der Waals surface area (Å²) in [5.41, 5.74) is -0.662. The highest BCUT2D eigenvalue weighted by Crippen LogP contribution is 2.59. The quantitative estimate of drug-likeness (QED) is 0.0918. The van der Waals surface area contributed by atoms with Gasteiger partial charge in [-0.1, -0.05) is 98.8 Å². The minimum atomic E-state index is -1.78. The standard InChI is InChI=1S/C51H59N3O15/c1-29(56)38(44(59)52-34(27-55)22-24-37(58)66-48(2,3)4)53-47(62)50-25-35-39-40(68-51(67-39,32-13-9-7-10-14-32)33-15-11-8-12-16-33)42(50)69-54(41(50)45(60)64-35)26-31-19-17-30(18-20-31)21-23-36(57)65-43-46(61)63-28-49(43,5)6/h7-21,23,29,34-35,38-43,55-56H,22,24-28H2,1-6H3,(H,52,59)(H,53,62)/t29-,34-,35+,38+,39-,40-,41-,42+,43-,50-/m0/s1. The maximum atomic E-state index is 15.3. The molecule has 10 atom stereocenters. The second-order valence-electron chi connectivity index (χ2n) is 19.9. The van der Waals surface area contributed by atoms with Crippen molar-refractivity contribution in [3.63, 3.8) is 0 Å². The van der Waals surface area contributed by atoms with Crippen LogP contribution in [0.4, 0.5) is 0 Å². The number of rotatable bonds is 16. The lowest BCUT2D eigenvalue weighted by Crippen LogP contribution is -2.71. The molecule has 3 aromatic rings. The molecule has 18 nitrogen and oxygen atoms in total. The van der Waals surface area contributed by atoms with Gasteiger partial charge < -0.3 is 49.3 Å². The number of hydroxylamine groups is 2. The Bertz CT molecular complexity index is 2400. The number of fused-ring (bicyclic) bond motifs is 4. The highest BCUT2D eigenvalue weighted by molar-refractivity contribution is 5.96. The van der Waals surface area contributed by atoms with Crippen molar-refractivity contribution in [1.29, 1.82) is 0 Å². The average Bonchev–Trinajstić information content (AvgIpc) is 3.97. The number of nitrogens with zero attached hydrogens (tertiary/aromatic N) is 1. The summed E-state index contributed by atoms with van der Waals surface area (Å²) in [5.74, 6) is -5.80. The number of nitrogens with one attached hydrogen (secondary N) is 2. The first-order valence-corrected chi connectivity index (χ1v) is 23.1. The first kappa shape index (κ1) is 49.4. The molecule has 5 fully saturated rings. The van der Waals surface area contributed by atoms with Crippen molar-refractivity contribution in [1.82, 2.24) is 15.7 Å². The number of cyclic esters (lactones) is 1. The highest BCUT2D eigenvalue weighted by atomic mass is 16.8. The molecule has 1 saturated carbocycles. The number of ether oxygens (including phenoxy) is 6. The van der Waals surface area contributed by atoms with Gasteiger partial charge in [0, 0.05) is 35.5 Å². The molecule has 5 aliphatic rings. The molecule has 69 heavy (non-hydrogen) atoms. The van der Waals surface area contributed by atoms with Gasteiger partial charge in [-0.2, -0.15) is 5.06 Å². The Kier molecular flexibility index (Phi) is 13.9. The average molecular weight is 954 g/mol. The van der Waals surface area contributed by atoms with Crippen LogP contribution in [-0.2, 0) is 74.4 Å². The van der Waals surface area contributed by atoms with Gasteiger partial charge in [-0.15, -0.1) is 0 Å². The number of hydrogen-bond donors (Lipinski definition) is 4. The van der Waals surface area contributed by atoms with E-state index >= 15 is 4.79 Å². The van der Waals surface area contributed by atoms with Gasteiger partial charge in [-0.25, -0.2) is 9.59 Å². The Balaban J connectivity index is 1.08. The number of aliphatic hydroxyl groups is 2. The third kappa shape index (κ3) is 9.91. The van der Waals surface area contributed by atoms with Crippen molar-refractivity contribution < 1.29 is 72.2 Å². The van der Waals surface area contributed by atoms with Crippen LogP contribution in [0.15, 0.2) is 91.0 Å². The van der Waals surface area contributed by atoms with E-state index in [0.29, 0.717) is 22.3 Å². The van der Waals surface area contributed by atoms with Crippen molar-refractivity contribution >= 4 is 41.8 Å². The summed E-state index contributed by atoms with van der Waals surface area (Å²) < 4.78 is 36.0. The zero-order valence-corrected chi connectivity index (χ0v) is 39.3. The molecule has 368 valence electrons. The Morgan fingerprint density at radius 3 is 2.12 bits per heavy atom. The fourth-order valence-electron chi connectivity index (χ4n) is 9.72. The molecule has 4 saturated heterocycles. The molecule has 1 aliphatic carbocycles. The fraction of sp³-hybridized carbons (Fsp3) is 0.490. The van der Waals surface area contributed by atoms with Gasteiger partial charge in [0.25, 0.3) is 0 Å². The molecule has 8 rings (SSSR count). The third-order valence-electron chi connectivity index (χ3n) is 13.1. The van der Waals surface area contributed by atoms with E-state index in [1.54, 1.807) is 58.9 Å². The summed E-state index contributed by atoms with van der Waals surface area (Å²) in [6, 6.07) is 21.5. The minimum absolute atomic E-state index is 0.00767. The summed E-state index contributed by atoms with van der Waals surface area (Å²) in [7, 11) is 0. The molecular weight excluding hydrogens is 895 g/mol. The summed E-state index contributed by atoms with van der Waals surface area (Å²) in [6.45, 7) is 9.56. The number of amides is 2. The van der Waals surface area contributed by atoms with Gasteiger partial charge in [-0.3, -0.25) is 24.0 Å². The SMILES string of the molecule is C[C@H](O)[C@@H](NC(=O)[C@@]12C[C@H]3OC(=O)[C@@H]1N(Cc1ccc(C=CC(=O)O[C@H]4C(=O)OCC4(C)C)cc1)O[C@@H]2[C@H]1OC(c2ccccc2)(c2ccccc2)O[C@H]13)C(=O)N[C@H](CO)CCC(=O)OC(C)(C)C. The monoisotopic (exact) mass is 953 g/mol. The second kappa shape index (κ2) is 19.4. The molecule has 0 radical (unpaired) electrons. The van der Waals surface area contributed by atoms with Crippen LogP contribution in [-0.4, -0.2) is 125 Å². The van der Waals surface area contributed by atoms with E-state index in [4.69, 9.17) is 33.3 Å². The van der Waals surface area contributed by atoms with E-state index in [0.717, 1.165) is 0 Å². The summed E-state index contributed by atoms with van der Waals surface area (Å²) in [4.78, 5) is 87.8. The number of benzene rings is 3. The predicted octanol–water partition coefficient (Wildman–Crippen LogP) is 3.14. The van der Waals surface area contributed by atoms with E-state index < -0.39 is 119 Å². The van der Waals surface area contributed by atoms with Gasteiger partial charge in [0.1, 0.15) is 48.1 Å². The maximum Gasteiger partial charge on any atom is 0.348 e. The number of esters is 4. The van der Waals surface area contributed by atoms with Crippen LogP contribution in [0.1, 0.15) is 83.1 Å². The zero-order chi connectivity index (χ0) is 49.5. The maximum absolute atomic E-state index is 15.3. The van der Waals surface area contributed by atoms with Crippen LogP contribution >= 0.6 is 0 Å². The highest BCUT2D eigenvalue weighted by Gasteiger charge is 2.77. The second-order valence-corrected chi connectivity index (χ2v) is 19.9. The molecular formula is C51H59N3O15. The molecule has 4 heterocycles. The van der Waals surface area contributed by atoms with Crippen molar-refractivity contribution in [2.45, 2.75) is 133 Å². The molecule has 0 aromatic heterocycles. The van der Waals surface area contributed by atoms with E-state index in [2.05, 4.69) is 10.6 Å². The molecule has 18 heteroatoms. The van der Waals surface area contributed by atoms with Crippen molar-refractivity contribution in [3.8, 4) is 0 Å². The van der Waals surface area contributed by atoms with E-state index in [1.807, 2.05) is 60.7 Å². The van der Waals surface area contributed by atoms with Gasteiger partial charge in [0.15, 0.2) is 6.04 Å². The predicted molar refractivity (Wildman–Crippen MR) is 242 cm³/mol. The molecule has 4 aliphatic heterocycles. The number of hydrogen-bond acceptors (Lipinski definition) is 16. The Hall–Kier alpha value is -6.02. The van der Waals surface area contributed by atoms with Crippen molar-refractivity contribution in [3.05, 3.63) is 113 Å². The van der Waals surface area contributed by atoms with Crippen LogP contribution in [0.3, 0.4) is 0 Å². The van der Waals surface area contributed by atoms with Crippen molar-refractivity contribution in [2.24, 2.45) is 10.8 Å². The molecule has 0 unspecified atom stereocenters. The minimum Gasteiger partial charge on any atom is -0.462 e. The molecule has 2 bridgehead atoms. The third-order valence-corrected chi connectivity index (χ3v) is 13.1. The van der Waals surface area contributed by atoms with Crippen LogP contribution in [0.5, 0.6) is 0 Å². The number of carbonyl (C=O) groups excluding carboxylic acids is 6. The summed E-state index contributed by atoms with van der Waals surface area (Å²) in [6.07, 6.45) is -4.19. The zero-order valence-electron chi connectivity index (χ0n) is 39.3. The first-order valence-electron chi connectivity index (χ1n) is 23.1. The normalized spacial score (nSPS) is 27.9. The van der Waals surface area contributed by atoms with Crippen LogP contribution in [0.25, 0.3) is 6.08 Å². The fourth-order valence-corrected chi connectivity index (χ4v) is 9.72. The Morgan fingerprint density at radius 2 is 1.54 bits per heavy atom. The summed E-state index contributed by atoms with van der Waals surface area (Å²) in [5, 5.41) is 28.0. The van der Waals surface area contributed by atoms with Crippen LogP contribution in [0.2, 0.25) is 0 Å². The van der Waals surface area contributed by atoms with Gasteiger partial charge in [-0.05, 0) is 51.3 Å². The van der Waals surface area contributed by atoms with E-state index in [1.165, 1.54) is 24.1 Å². The van der Waals surface area contributed by atoms with Gasteiger partial charge in [0.05, 0.1) is 25.3 Å². The van der Waals surface area contributed by atoms with Crippen molar-refractivity contribution in [2.75, 3.05) is 13.2 Å². The number of carbonyl (C=O) groups is 6. The number of aliphatic hydroxyl groups excluding tert-OH is 2. The Morgan fingerprint density at radius 1 is 0.899 bits per heavy atom. The Labute approximate surface area is 399 Å². The molecule has 0 spiro atoms. The van der Waals surface area contributed by atoms with Gasteiger partial charge in [0.2, 0.25) is 23.7 Å². The molecule has 3 aromatic carbocycles. The van der Waals surface area contributed by atoms with Gasteiger partial charge >= 0.3 is 23.9 Å². The lowest BCUT2D eigenvalue weighted by molar-refractivity contribution is -0.213. The molecule has 4 N–H and O–H groups in total. The topological polar surface area (TPSA) is 235 Å². The van der Waals surface area contributed by atoms with Crippen LogP contribution < -0.4 is 10.6 Å². The van der Waals surface area contributed by atoms with E-state index in [-0.39, 0.29) is 32.4 Å². The van der Waals surface area contributed by atoms with E-state index in [9.17, 15) is 34.2 Å². The lowest BCUT2D eigenvalue weighted by atomic mass is 9.62. The molecule has 2 amide bonds. The first-order chi connectivity index (χ1) is 32.7. The smallest absolute Gasteiger partial charge is 0.348 e. The lowest BCUT2D eigenvalue weighted by Gasteiger charge is -2.49. The summed E-state index contributed by atoms with van der Waals surface area (Å²) >= 11 is 0. The van der Waals surface area contributed by atoms with Crippen LogP contribution in [0, 0.1) is 10.8 Å².